The van der Waals surface area contributed by atoms with Crippen molar-refractivity contribution in [2.24, 2.45) is 0 Å². The predicted molar refractivity (Wildman–Crippen MR) is 101 cm³/mol. The standard InChI is InChI=1S/C20H21N3O2S/c1-2-14-5-7-15(8-6-14)20-21-19(22-25-20)16-12-18(24)23(13-16)10-9-17-4-3-11-26-17/h3-8,11,16H,2,9-10,12-13H2,1H3. The van der Waals surface area contributed by atoms with Crippen LogP contribution in [0.2, 0.25) is 0 Å². The lowest BCUT2D eigenvalue weighted by atomic mass is 10.1. The van der Waals surface area contributed by atoms with Crippen molar-refractivity contribution in [2.45, 2.75) is 32.1 Å². The number of aryl methyl sites for hydroxylation is 1. The summed E-state index contributed by atoms with van der Waals surface area (Å²) in [7, 11) is 0. The first kappa shape index (κ1) is 17.0. The minimum atomic E-state index is 0.0123. The number of likely N-dealkylation sites (tertiary alicyclic amines) is 1. The zero-order valence-corrected chi connectivity index (χ0v) is 15.5. The van der Waals surface area contributed by atoms with Gasteiger partial charge >= 0.3 is 0 Å². The van der Waals surface area contributed by atoms with Gasteiger partial charge in [-0.3, -0.25) is 4.79 Å². The number of nitrogens with zero attached hydrogens (tertiary/aromatic N) is 3. The third-order valence-corrected chi connectivity index (χ3v) is 5.77. The van der Waals surface area contributed by atoms with Crippen molar-refractivity contribution < 1.29 is 9.32 Å². The Morgan fingerprint density at radius 1 is 1.27 bits per heavy atom. The number of hydrogen-bond donors (Lipinski definition) is 0. The van der Waals surface area contributed by atoms with Crippen LogP contribution in [0.1, 0.15) is 35.5 Å². The molecule has 1 unspecified atom stereocenters. The number of carbonyl (C=O) groups is 1. The SMILES string of the molecule is CCc1ccc(-c2nc(C3CC(=O)N(CCc4cccs4)C3)no2)cc1. The topological polar surface area (TPSA) is 59.2 Å². The fourth-order valence-electron chi connectivity index (χ4n) is 3.26. The Morgan fingerprint density at radius 3 is 2.85 bits per heavy atom. The third-order valence-electron chi connectivity index (χ3n) is 4.84. The molecule has 0 spiro atoms. The second-order valence-electron chi connectivity index (χ2n) is 6.58. The van der Waals surface area contributed by atoms with Gasteiger partial charge in [0, 0.05) is 35.9 Å². The molecule has 2 aromatic heterocycles. The number of rotatable bonds is 6. The van der Waals surface area contributed by atoms with E-state index in [0.29, 0.717) is 24.7 Å². The van der Waals surface area contributed by atoms with Crippen LogP contribution in [0, 0.1) is 0 Å². The molecule has 6 heteroatoms. The molecule has 0 saturated carbocycles. The first-order chi connectivity index (χ1) is 12.7. The molecule has 0 radical (unpaired) electrons. The Bertz CT molecular complexity index is 871. The van der Waals surface area contributed by atoms with Crippen LogP contribution in [0.5, 0.6) is 0 Å². The van der Waals surface area contributed by atoms with E-state index < -0.39 is 0 Å². The highest BCUT2D eigenvalue weighted by Gasteiger charge is 2.33. The van der Waals surface area contributed by atoms with E-state index >= 15 is 0 Å². The molecule has 1 aliphatic rings. The second kappa shape index (κ2) is 7.41. The van der Waals surface area contributed by atoms with Crippen molar-refractivity contribution in [3.05, 3.63) is 58.0 Å². The maximum absolute atomic E-state index is 12.3. The van der Waals surface area contributed by atoms with Gasteiger partial charge < -0.3 is 9.42 Å². The smallest absolute Gasteiger partial charge is 0.257 e. The summed E-state index contributed by atoms with van der Waals surface area (Å²) >= 11 is 1.73. The van der Waals surface area contributed by atoms with Gasteiger partial charge in [-0.1, -0.05) is 30.3 Å². The molecule has 1 atom stereocenters. The highest BCUT2D eigenvalue weighted by Crippen LogP contribution is 2.28. The lowest BCUT2D eigenvalue weighted by Gasteiger charge is -2.15. The number of amides is 1. The lowest BCUT2D eigenvalue weighted by Crippen LogP contribution is -2.27. The van der Waals surface area contributed by atoms with E-state index in [2.05, 4.69) is 40.6 Å². The molecule has 1 fully saturated rings. The van der Waals surface area contributed by atoms with Crippen molar-refractivity contribution in [3.8, 4) is 11.5 Å². The van der Waals surface area contributed by atoms with E-state index in [1.807, 2.05) is 23.1 Å². The second-order valence-corrected chi connectivity index (χ2v) is 7.61. The summed E-state index contributed by atoms with van der Waals surface area (Å²) in [6.45, 7) is 3.54. The van der Waals surface area contributed by atoms with Crippen LogP contribution in [0.15, 0.2) is 46.3 Å². The molecule has 0 aliphatic carbocycles. The molecule has 1 aromatic carbocycles. The summed E-state index contributed by atoms with van der Waals surface area (Å²) < 4.78 is 5.44. The highest BCUT2D eigenvalue weighted by molar-refractivity contribution is 7.09. The fourth-order valence-corrected chi connectivity index (χ4v) is 3.96. The molecule has 0 N–H and O–H groups in total. The number of thiophene rings is 1. The monoisotopic (exact) mass is 367 g/mol. The lowest BCUT2D eigenvalue weighted by molar-refractivity contribution is -0.127. The van der Waals surface area contributed by atoms with E-state index in [9.17, 15) is 4.79 Å². The van der Waals surface area contributed by atoms with Gasteiger partial charge in [-0.05, 0) is 42.0 Å². The summed E-state index contributed by atoms with van der Waals surface area (Å²) in [5.74, 6) is 1.34. The number of aromatic nitrogens is 2. The van der Waals surface area contributed by atoms with E-state index in [0.717, 1.165) is 24.9 Å². The van der Waals surface area contributed by atoms with E-state index in [1.54, 1.807) is 11.3 Å². The zero-order chi connectivity index (χ0) is 17.9. The van der Waals surface area contributed by atoms with Gasteiger partial charge in [0.1, 0.15) is 0 Å². The van der Waals surface area contributed by atoms with Crippen LogP contribution in [-0.4, -0.2) is 34.0 Å². The normalized spacial score (nSPS) is 17.2. The molecule has 1 saturated heterocycles. The molecule has 3 heterocycles. The van der Waals surface area contributed by atoms with E-state index in [4.69, 9.17) is 4.52 Å². The average Bonchev–Trinajstić information content (AvgIpc) is 3.41. The summed E-state index contributed by atoms with van der Waals surface area (Å²) in [6, 6.07) is 12.3. The van der Waals surface area contributed by atoms with Crippen LogP contribution in [0.4, 0.5) is 0 Å². The number of carbonyl (C=O) groups excluding carboxylic acids is 1. The zero-order valence-electron chi connectivity index (χ0n) is 14.7. The van der Waals surface area contributed by atoms with E-state index in [-0.39, 0.29) is 11.8 Å². The summed E-state index contributed by atoms with van der Waals surface area (Å²) in [6.07, 6.45) is 2.36. The van der Waals surface area contributed by atoms with Gasteiger partial charge in [-0.25, -0.2) is 0 Å². The maximum atomic E-state index is 12.3. The molecular formula is C20H21N3O2S. The molecule has 134 valence electrons. The van der Waals surface area contributed by atoms with Crippen LogP contribution in [0.25, 0.3) is 11.5 Å². The first-order valence-corrected chi connectivity index (χ1v) is 9.84. The third kappa shape index (κ3) is 3.55. The molecular weight excluding hydrogens is 346 g/mol. The van der Waals surface area contributed by atoms with Gasteiger partial charge in [0.2, 0.25) is 5.91 Å². The summed E-state index contributed by atoms with van der Waals surface area (Å²) in [4.78, 5) is 20.1. The Hall–Kier alpha value is -2.47. The summed E-state index contributed by atoms with van der Waals surface area (Å²) in [5.41, 5.74) is 2.19. The minimum Gasteiger partial charge on any atom is -0.342 e. The predicted octanol–water partition coefficient (Wildman–Crippen LogP) is 3.92. The van der Waals surface area contributed by atoms with Gasteiger partial charge in [0.15, 0.2) is 5.82 Å². The fraction of sp³-hybridized carbons (Fsp3) is 0.350. The van der Waals surface area contributed by atoms with Crippen LogP contribution >= 0.6 is 11.3 Å². The molecule has 26 heavy (non-hydrogen) atoms. The Morgan fingerprint density at radius 2 is 2.12 bits per heavy atom. The van der Waals surface area contributed by atoms with Crippen LogP contribution < -0.4 is 0 Å². The maximum Gasteiger partial charge on any atom is 0.257 e. The summed E-state index contributed by atoms with van der Waals surface area (Å²) in [5, 5.41) is 6.20. The average molecular weight is 367 g/mol. The quantitative estimate of drug-likeness (QED) is 0.663. The van der Waals surface area contributed by atoms with Crippen molar-refractivity contribution in [1.29, 1.82) is 0 Å². The molecule has 1 amide bonds. The molecule has 5 nitrogen and oxygen atoms in total. The first-order valence-electron chi connectivity index (χ1n) is 8.96. The molecule has 3 aromatic rings. The van der Waals surface area contributed by atoms with Crippen LogP contribution in [-0.2, 0) is 17.6 Å². The van der Waals surface area contributed by atoms with E-state index in [1.165, 1.54) is 10.4 Å². The molecule has 1 aliphatic heterocycles. The Labute approximate surface area is 156 Å². The Kier molecular flexibility index (Phi) is 4.84. The van der Waals surface area contributed by atoms with Gasteiger partial charge in [-0.15, -0.1) is 11.3 Å². The van der Waals surface area contributed by atoms with Gasteiger partial charge in [0.25, 0.3) is 5.89 Å². The highest BCUT2D eigenvalue weighted by atomic mass is 32.1. The van der Waals surface area contributed by atoms with Gasteiger partial charge in [-0.2, -0.15) is 4.98 Å². The number of benzene rings is 1. The minimum absolute atomic E-state index is 0.0123. The molecule has 4 rings (SSSR count). The Balaban J connectivity index is 1.41. The largest absolute Gasteiger partial charge is 0.342 e. The van der Waals surface area contributed by atoms with Crippen molar-refractivity contribution in [3.63, 3.8) is 0 Å². The van der Waals surface area contributed by atoms with Crippen molar-refractivity contribution in [1.82, 2.24) is 15.0 Å². The molecule has 0 bridgehead atoms. The van der Waals surface area contributed by atoms with Crippen molar-refractivity contribution in [2.75, 3.05) is 13.1 Å². The van der Waals surface area contributed by atoms with Crippen molar-refractivity contribution >= 4 is 17.2 Å². The van der Waals surface area contributed by atoms with Gasteiger partial charge in [0.05, 0.1) is 0 Å². The number of hydrogen-bond acceptors (Lipinski definition) is 5. The van der Waals surface area contributed by atoms with Crippen LogP contribution in [0.3, 0.4) is 0 Å².